The van der Waals surface area contributed by atoms with E-state index in [1.165, 1.54) is 4.90 Å². The average Bonchev–Trinajstić information content (AvgIpc) is 2.99. The molecule has 0 radical (unpaired) electrons. The van der Waals surface area contributed by atoms with Gasteiger partial charge >= 0.3 is 6.09 Å². The summed E-state index contributed by atoms with van der Waals surface area (Å²) in [6.07, 6.45) is 6.46. The molecule has 0 saturated heterocycles. The van der Waals surface area contributed by atoms with Crippen molar-refractivity contribution in [1.29, 1.82) is 0 Å². The fourth-order valence-corrected chi connectivity index (χ4v) is 5.70. The maximum Gasteiger partial charge on any atom is 0.414 e. The molecule has 2 atom stereocenters. The van der Waals surface area contributed by atoms with E-state index in [9.17, 15) is 14.7 Å². The van der Waals surface area contributed by atoms with Crippen LogP contribution in [0.5, 0.6) is 5.75 Å². The van der Waals surface area contributed by atoms with Crippen LogP contribution in [-0.2, 0) is 6.42 Å². The summed E-state index contributed by atoms with van der Waals surface area (Å²) < 4.78 is 6.96. The molecule has 2 heterocycles. The highest BCUT2D eigenvalue weighted by Crippen LogP contribution is 2.31. The number of rotatable bonds is 5. The zero-order valence-corrected chi connectivity index (χ0v) is 23.2. The van der Waals surface area contributed by atoms with Gasteiger partial charge in [0, 0.05) is 31.2 Å². The van der Waals surface area contributed by atoms with Crippen LogP contribution in [0.15, 0.2) is 84.0 Å². The summed E-state index contributed by atoms with van der Waals surface area (Å²) in [6, 6.07) is 21.0. The first kappa shape index (κ1) is 26.7. The van der Waals surface area contributed by atoms with Crippen molar-refractivity contribution in [2.24, 2.45) is 0 Å². The molecule has 1 aliphatic carbocycles. The number of carbonyl (C=O) groups is 1. The van der Waals surface area contributed by atoms with Gasteiger partial charge in [-0.25, -0.2) is 9.78 Å². The lowest BCUT2D eigenvalue weighted by Gasteiger charge is -2.29. The SMILES string of the molecule is CN(C)C(=O)Oc1ccc(-c2cc(Cc3cc4c(=O)n(C5CCCCC5O)cnc4c4ccccc34)ccn2)cc1. The average molecular weight is 549 g/mol. The monoisotopic (exact) mass is 548 g/mol. The predicted molar refractivity (Wildman–Crippen MR) is 159 cm³/mol. The Kier molecular flexibility index (Phi) is 7.24. The number of fused-ring (bicyclic) bond motifs is 3. The summed E-state index contributed by atoms with van der Waals surface area (Å²) in [6.45, 7) is 0. The summed E-state index contributed by atoms with van der Waals surface area (Å²) >= 11 is 0. The fourth-order valence-electron chi connectivity index (χ4n) is 5.70. The zero-order valence-electron chi connectivity index (χ0n) is 23.2. The van der Waals surface area contributed by atoms with Crippen LogP contribution in [0.2, 0.25) is 0 Å². The lowest BCUT2D eigenvalue weighted by Crippen LogP contribution is -2.34. The van der Waals surface area contributed by atoms with E-state index < -0.39 is 12.2 Å². The van der Waals surface area contributed by atoms with E-state index in [0.29, 0.717) is 29.5 Å². The summed E-state index contributed by atoms with van der Waals surface area (Å²) in [5, 5.41) is 13.2. The Bertz CT molecular complexity index is 1800. The second kappa shape index (κ2) is 11.1. The third-order valence-electron chi connectivity index (χ3n) is 7.87. The van der Waals surface area contributed by atoms with Crippen molar-refractivity contribution in [3.05, 3.63) is 101 Å². The first-order valence-corrected chi connectivity index (χ1v) is 13.9. The standard InChI is InChI=1S/C33H32N4O4/c1-36(2)33(40)41-24-13-11-22(12-14-24)28-18-21(15-16-34-28)17-23-19-27-31(26-8-4-3-7-25(23)26)35-20-37(32(27)39)29-9-5-6-10-30(29)38/h3-4,7-8,11-16,18-20,29-30,38H,5-6,9-10,17H2,1-2H3. The Labute approximate surface area is 237 Å². The van der Waals surface area contributed by atoms with Crippen molar-refractivity contribution in [1.82, 2.24) is 19.4 Å². The highest BCUT2D eigenvalue weighted by Gasteiger charge is 2.26. The van der Waals surface area contributed by atoms with E-state index in [4.69, 9.17) is 9.72 Å². The molecule has 41 heavy (non-hydrogen) atoms. The van der Waals surface area contributed by atoms with Gasteiger partial charge in [0.2, 0.25) is 0 Å². The molecule has 0 bridgehead atoms. The van der Waals surface area contributed by atoms with Gasteiger partial charge in [-0.3, -0.25) is 14.3 Å². The molecule has 5 aromatic rings. The van der Waals surface area contributed by atoms with Gasteiger partial charge in [0.05, 0.1) is 35.1 Å². The minimum absolute atomic E-state index is 0.113. The van der Waals surface area contributed by atoms with E-state index in [1.807, 2.05) is 48.5 Å². The van der Waals surface area contributed by atoms with Crippen LogP contribution < -0.4 is 10.3 Å². The summed E-state index contributed by atoms with van der Waals surface area (Å²) in [5.41, 5.74) is 4.35. The molecule has 1 fully saturated rings. The fraction of sp³-hybridized carbons (Fsp3) is 0.273. The molecule has 2 aromatic heterocycles. The van der Waals surface area contributed by atoms with E-state index in [0.717, 1.165) is 52.4 Å². The number of carbonyl (C=O) groups excluding carboxylic acids is 1. The molecular formula is C33H32N4O4. The molecule has 2 unspecified atom stereocenters. The van der Waals surface area contributed by atoms with Gasteiger partial charge in [0.25, 0.3) is 5.56 Å². The van der Waals surface area contributed by atoms with Gasteiger partial charge in [-0.05, 0) is 78.2 Å². The lowest BCUT2D eigenvalue weighted by molar-refractivity contribution is 0.0735. The highest BCUT2D eigenvalue weighted by atomic mass is 16.6. The van der Waals surface area contributed by atoms with Gasteiger partial charge in [-0.1, -0.05) is 37.1 Å². The third kappa shape index (κ3) is 5.30. The summed E-state index contributed by atoms with van der Waals surface area (Å²) in [4.78, 5) is 36.3. The van der Waals surface area contributed by atoms with Crippen LogP contribution in [0, 0.1) is 0 Å². The Balaban J connectivity index is 1.36. The number of nitrogens with zero attached hydrogens (tertiary/aromatic N) is 4. The molecule has 1 amide bonds. The molecule has 6 rings (SSSR count). The van der Waals surface area contributed by atoms with E-state index >= 15 is 0 Å². The Hall–Kier alpha value is -4.56. The lowest BCUT2D eigenvalue weighted by atomic mass is 9.92. The van der Waals surface area contributed by atoms with Crippen molar-refractivity contribution in [2.75, 3.05) is 14.1 Å². The smallest absolute Gasteiger partial charge is 0.410 e. The molecule has 0 spiro atoms. The summed E-state index contributed by atoms with van der Waals surface area (Å²) in [7, 11) is 3.27. The number of amides is 1. The van der Waals surface area contributed by atoms with Crippen LogP contribution in [0.3, 0.4) is 0 Å². The number of pyridine rings is 1. The topological polar surface area (TPSA) is 97.5 Å². The molecule has 8 heteroatoms. The van der Waals surface area contributed by atoms with Crippen LogP contribution in [0.25, 0.3) is 32.9 Å². The maximum absolute atomic E-state index is 13.8. The number of ether oxygens (including phenoxy) is 1. The van der Waals surface area contributed by atoms with Gasteiger partial charge in [-0.15, -0.1) is 0 Å². The molecule has 3 aromatic carbocycles. The normalized spacial score (nSPS) is 17.0. The Morgan fingerprint density at radius 3 is 2.49 bits per heavy atom. The van der Waals surface area contributed by atoms with E-state index in [-0.39, 0.29) is 11.6 Å². The largest absolute Gasteiger partial charge is 0.414 e. The molecule has 1 saturated carbocycles. The number of aliphatic hydroxyl groups excluding tert-OH is 1. The van der Waals surface area contributed by atoms with Crippen LogP contribution in [-0.4, -0.2) is 50.8 Å². The van der Waals surface area contributed by atoms with Crippen LogP contribution in [0.4, 0.5) is 4.79 Å². The second-order valence-corrected chi connectivity index (χ2v) is 10.9. The predicted octanol–water partition coefficient (Wildman–Crippen LogP) is 5.74. The summed E-state index contributed by atoms with van der Waals surface area (Å²) in [5.74, 6) is 0.464. The zero-order chi connectivity index (χ0) is 28.5. The number of aromatic nitrogens is 3. The van der Waals surface area contributed by atoms with Crippen molar-refractivity contribution in [3.8, 4) is 17.0 Å². The van der Waals surface area contributed by atoms with Gasteiger partial charge in [-0.2, -0.15) is 0 Å². The van der Waals surface area contributed by atoms with E-state index in [2.05, 4.69) is 11.1 Å². The van der Waals surface area contributed by atoms with Crippen molar-refractivity contribution in [3.63, 3.8) is 0 Å². The molecule has 1 aliphatic rings. The minimum Gasteiger partial charge on any atom is -0.410 e. The van der Waals surface area contributed by atoms with Crippen LogP contribution in [0.1, 0.15) is 42.9 Å². The maximum atomic E-state index is 13.8. The molecule has 8 nitrogen and oxygen atoms in total. The number of hydrogen-bond acceptors (Lipinski definition) is 6. The second-order valence-electron chi connectivity index (χ2n) is 10.9. The number of hydrogen-bond donors (Lipinski definition) is 1. The Morgan fingerprint density at radius 1 is 0.976 bits per heavy atom. The van der Waals surface area contributed by atoms with Crippen LogP contribution >= 0.6 is 0 Å². The van der Waals surface area contributed by atoms with E-state index in [1.54, 1.807) is 43.3 Å². The molecule has 1 N–H and O–H groups in total. The Morgan fingerprint density at radius 2 is 1.73 bits per heavy atom. The molecule has 208 valence electrons. The number of aliphatic hydroxyl groups is 1. The quantitative estimate of drug-likeness (QED) is 0.281. The first-order chi connectivity index (χ1) is 19.9. The van der Waals surface area contributed by atoms with Crippen molar-refractivity contribution >= 4 is 27.8 Å². The van der Waals surface area contributed by atoms with Gasteiger partial charge in [0.1, 0.15) is 5.75 Å². The highest BCUT2D eigenvalue weighted by molar-refractivity contribution is 6.06. The number of benzene rings is 3. The molecular weight excluding hydrogens is 516 g/mol. The third-order valence-corrected chi connectivity index (χ3v) is 7.87. The first-order valence-electron chi connectivity index (χ1n) is 13.9. The van der Waals surface area contributed by atoms with Gasteiger partial charge in [0.15, 0.2) is 0 Å². The van der Waals surface area contributed by atoms with Crippen molar-refractivity contribution in [2.45, 2.75) is 44.2 Å². The van der Waals surface area contributed by atoms with Gasteiger partial charge < -0.3 is 14.7 Å². The van der Waals surface area contributed by atoms with Crippen molar-refractivity contribution < 1.29 is 14.6 Å². The molecule has 0 aliphatic heterocycles. The minimum atomic E-state index is -0.537.